The van der Waals surface area contributed by atoms with E-state index in [2.05, 4.69) is 18.6 Å². The lowest BCUT2D eigenvalue weighted by molar-refractivity contribution is -0.145. The Bertz CT molecular complexity index is 703. The first-order valence-electron chi connectivity index (χ1n) is 10.4. The smallest absolute Gasteiger partial charge is 0.331 e. The summed E-state index contributed by atoms with van der Waals surface area (Å²) in [5.41, 5.74) is 0.880. The van der Waals surface area contributed by atoms with E-state index in [0.29, 0.717) is 12.5 Å². The minimum Gasteiger partial charge on any atom is -0.455 e. The summed E-state index contributed by atoms with van der Waals surface area (Å²) >= 11 is 0. The van der Waals surface area contributed by atoms with E-state index in [1.165, 1.54) is 6.08 Å². The van der Waals surface area contributed by atoms with E-state index in [4.69, 9.17) is 9.47 Å². The van der Waals surface area contributed by atoms with E-state index in [1.807, 2.05) is 30.3 Å². The molecule has 0 saturated heterocycles. The first-order chi connectivity index (χ1) is 13.9. The maximum Gasteiger partial charge on any atom is 0.331 e. The highest BCUT2D eigenvalue weighted by atomic mass is 32.2. The zero-order valence-electron chi connectivity index (χ0n) is 17.8. The number of rotatable bonds is 15. The van der Waals surface area contributed by atoms with Crippen molar-refractivity contribution in [2.75, 3.05) is 25.5 Å². The molecule has 0 aliphatic carbocycles. The molecular weight excluding hydrogens is 390 g/mol. The van der Waals surface area contributed by atoms with Crippen molar-refractivity contribution in [1.29, 1.82) is 0 Å². The van der Waals surface area contributed by atoms with Crippen LogP contribution in [0.5, 0.6) is 0 Å². The van der Waals surface area contributed by atoms with Crippen LogP contribution in [-0.4, -0.2) is 46.0 Å². The lowest BCUT2D eigenvalue weighted by atomic mass is 10.0. The van der Waals surface area contributed by atoms with Gasteiger partial charge in [-0.05, 0) is 30.9 Å². The predicted molar refractivity (Wildman–Crippen MR) is 117 cm³/mol. The largest absolute Gasteiger partial charge is 0.455 e. The van der Waals surface area contributed by atoms with Crippen LogP contribution >= 0.6 is 0 Å². The molecule has 7 heteroatoms. The zero-order chi connectivity index (χ0) is 21.5. The van der Waals surface area contributed by atoms with Crippen molar-refractivity contribution in [3.63, 3.8) is 0 Å². The molecule has 1 N–H and O–H groups in total. The van der Waals surface area contributed by atoms with Gasteiger partial charge in [0.25, 0.3) is 0 Å². The topological polar surface area (TPSA) is 81.7 Å². The molecule has 1 aromatic rings. The Morgan fingerprint density at radius 2 is 1.86 bits per heavy atom. The van der Waals surface area contributed by atoms with Gasteiger partial charge >= 0.3 is 5.97 Å². The Hall–Kier alpha value is -1.70. The number of carbonyl (C=O) groups is 1. The minimum absolute atomic E-state index is 0.00710. The number of sulfonamides is 1. The number of hydrogen-bond donors (Lipinski definition) is 1. The summed E-state index contributed by atoms with van der Waals surface area (Å²) in [7, 11) is -3.38. The molecule has 29 heavy (non-hydrogen) atoms. The van der Waals surface area contributed by atoms with Crippen LogP contribution in [0.25, 0.3) is 6.08 Å². The maximum atomic E-state index is 12.2. The minimum atomic E-state index is -3.38. The van der Waals surface area contributed by atoms with Crippen LogP contribution in [0.3, 0.4) is 0 Å². The third-order valence-electron chi connectivity index (χ3n) is 4.61. The molecule has 2 atom stereocenters. The van der Waals surface area contributed by atoms with E-state index in [-0.39, 0.29) is 18.9 Å². The molecule has 0 aliphatic rings. The fraction of sp³-hybridized carbons (Fsp3) is 0.591. The van der Waals surface area contributed by atoms with Crippen LogP contribution in [0.1, 0.15) is 52.0 Å². The molecule has 164 valence electrons. The van der Waals surface area contributed by atoms with Crippen LogP contribution in [0.15, 0.2) is 36.4 Å². The molecule has 0 aromatic heterocycles. The molecule has 0 aliphatic heterocycles. The Morgan fingerprint density at radius 3 is 2.48 bits per heavy atom. The number of esters is 1. The standard InChI is InChI=1S/C22H35NO5S/c1-4-7-11-19(5-2)17-27-18-21(16-23-29(25,26)6-3)28-22(24)15-14-20-12-9-8-10-13-20/h8-10,12-15,19,21,23H,4-7,11,16-18H2,1-3H3. The Kier molecular flexibility index (Phi) is 12.5. The molecular formula is C22H35NO5S. The van der Waals surface area contributed by atoms with Gasteiger partial charge in [-0.25, -0.2) is 17.9 Å². The van der Waals surface area contributed by atoms with Gasteiger partial charge in [0, 0.05) is 19.2 Å². The summed E-state index contributed by atoms with van der Waals surface area (Å²) in [5, 5.41) is 0. The van der Waals surface area contributed by atoms with Gasteiger partial charge in [0.15, 0.2) is 0 Å². The number of hydrogen-bond acceptors (Lipinski definition) is 5. The second kappa shape index (κ2) is 14.3. The van der Waals surface area contributed by atoms with Crippen LogP contribution in [0.2, 0.25) is 0 Å². The van der Waals surface area contributed by atoms with Crippen LogP contribution in [-0.2, 0) is 24.3 Å². The molecule has 0 fully saturated rings. The van der Waals surface area contributed by atoms with Gasteiger partial charge in [-0.1, -0.05) is 63.4 Å². The number of nitrogens with one attached hydrogen (secondary N) is 1. The zero-order valence-corrected chi connectivity index (χ0v) is 18.6. The van der Waals surface area contributed by atoms with Gasteiger partial charge in [0.2, 0.25) is 10.0 Å². The first-order valence-corrected chi connectivity index (χ1v) is 12.0. The molecule has 1 aromatic carbocycles. The highest BCUT2D eigenvalue weighted by Crippen LogP contribution is 2.13. The lowest BCUT2D eigenvalue weighted by Gasteiger charge is -2.20. The molecule has 0 amide bonds. The normalized spacial score (nSPS) is 14.0. The molecule has 0 saturated carbocycles. The van der Waals surface area contributed by atoms with Crippen molar-refractivity contribution in [3.05, 3.63) is 42.0 Å². The van der Waals surface area contributed by atoms with Crippen LogP contribution in [0.4, 0.5) is 0 Å². The van der Waals surface area contributed by atoms with E-state index in [0.717, 1.165) is 31.2 Å². The van der Waals surface area contributed by atoms with Gasteiger partial charge < -0.3 is 9.47 Å². The van der Waals surface area contributed by atoms with Crippen molar-refractivity contribution < 1.29 is 22.7 Å². The van der Waals surface area contributed by atoms with Gasteiger partial charge in [-0.15, -0.1) is 0 Å². The first kappa shape index (κ1) is 25.3. The van der Waals surface area contributed by atoms with E-state index < -0.39 is 22.1 Å². The van der Waals surface area contributed by atoms with E-state index in [9.17, 15) is 13.2 Å². The van der Waals surface area contributed by atoms with Gasteiger partial charge in [-0.2, -0.15) is 0 Å². The number of benzene rings is 1. The van der Waals surface area contributed by atoms with Crippen molar-refractivity contribution >= 4 is 22.1 Å². The average Bonchev–Trinajstić information content (AvgIpc) is 2.73. The fourth-order valence-corrected chi connectivity index (χ4v) is 3.30. The highest BCUT2D eigenvalue weighted by Gasteiger charge is 2.18. The molecule has 0 bridgehead atoms. The third-order valence-corrected chi connectivity index (χ3v) is 5.97. The average molecular weight is 426 g/mol. The highest BCUT2D eigenvalue weighted by molar-refractivity contribution is 7.89. The van der Waals surface area contributed by atoms with Crippen LogP contribution in [0, 0.1) is 5.92 Å². The number of unbranched alkanes of at least 4 members (excludes halogenated alkanes) is 1. The second-order valence-electron chi connectivity index (χ2n) is 7.01. The molecule has 0 radical (unpaired) electrons. The Balaban J connectivity index is 2.61. The molecule has 2 unspecified atom stereocenters. The molecule has 0 heterocycles. The molecule has 0 spiro atoms. The summed E-state index contributed by atoms with van der Waals surface area (Å²) in [5.74, 6) is -0.107. The number of carbonyl (C=O) groups excluding carboxylic acids is 1. The molecule has 1 rings (SSSR count). The summed E-state index contributed by atoms with van der Waals surface area (Å²) in [6.45, 7) is 6.57. The summed E-state index contributed by atoms with van der Waals surface area (Å²) in [4.78, 5) is 12.2. The second-order valence-corrected chi connectivity index (χ2v) is 9.10. The lowest BCUT2D eigenvalue weighted by Crippen LogP contribution is -2.38. The van der Waals surface area contributed by atoms with Gasteiger partial charge in [0.05, 0.1) is 12.4 Å². The summed E-state index contributed by atoms with van der Waals surface area (Å²) in [6.07, 6.45) is 6.73. The van der Waals surface area contributed by atoms with Crippen molar-refractivity contribution in [1.82, 2.24) is 4.72 Å². The number of ether oxygens (including phenoxy) is 2. The SMILES string of the molecule is CCCCC(CC)COCC(CNS(=O)(=O)CC)OC(=O)C=Cc1ccccc1. The fourth-order valence-electron chi connectivity index (χ4n) is 2.65. The van der Waals surface area contributed by atoms with Gasteiger partial charge in [0.1, 0.15) is 6.10 Å². The van der Waals surface area contributed by atoms with Crippen molar-refractivity contribution in [2.24, 2.45) is 5.92 Å². The Labute approximate surface area is 175 Å². The summed E-state index contributed by atoms with van der Waals surface area (Å²) in [6, 6.07) is 9.41. The Morgan fingerprint density at radius 1 is 1.14 bits per heavy atom. The third kappa shape index (κ3) is 11.8. The predicted octanol–water partition coefficient (Wildman–Crippen LogP) is 3.78. The van der Waals surface area contributed by atoms with Crippen LogP contribution < -0.4 is 4.72 Å². The summed E-state index contributed by atoms with van der Waals surface area (Å²) < 4.78 is 37.1. The van der Waals surface area contributed by atoms with Crippen molar-refractivity contribution in [2.45, 2.75) is 52.6 Å². The molecule has 6 nitrogen and oxygen atoms in total. The monoisotopic (exact) mass is 425 g/mol. The quantitative estimate of drug-likeness (QED) is 0.342. The maximum absolute atomic E-state index is 12.2. The van der Waals surface area contributed by atoms with Crippen molar-refractivity contribution in [3.8, 4) is 0 Å². The van der Waals surface area contributed by atoms with Gasteiger partial charge in [-0.3, -0.25) is 0 Å². The van der Waals surface area contributed by atoms with E-state index in [1.54, 1.807) is 13.0 Å². The van der Waals surface area contributed by atoms with E-state index >= 15 is 0 Å².